The van der Waals surface area contributed by atoms with E-state index in [0.29, 0.717) is 5.56 Å². The van der Waals surface area contributed by atoms with Crippen LogP contribution in [0.15, 0.2) is 24.3 Å². The Hall–Kier alpha value is -1.97. The van der Waals surface area contributed by atoms with Crippen LogP contribution in [0.3, 0.4) is 0 Å². The van der Waals surface area contributed by atoms with Crippen LogP contribution in [0.2, 0.25) is 0 Å². The Morgan fingerprint density at radius 2 is 2.06 bits per heavy atom. The lowest BCUT2D eigenvalue weighted by atomic mass is 10.1. The molecule has 82 valence electrons. The number of aromatic nitrogens is 2. The Labute approximate surface area is 93.5 Å². The lowest BCUT2D eigenvalue weighted by Crippen LogP contribution is -2.38. The van der Waals surface area contributed by atoms with E-state index in [1.54, 1.807) is 4.68 Å². The summed E-state index contributed by atoms with van der Waals surface area (Å²) in [5.74, 6) is -0.327. The quantitative estimate of drug-likeness (QED) is 0.531. The molecule has 0 atom stereocenters. The number of esters is 1. The van der Waals surface area contributed by atoms with Crippen molar-refractivity contribution in [2.24, 2.45) is 7.05 Å². The lowest BCUT2D eigenvalue weighted by molar-refractivity contribution is -0.734. The Morgan fingerprint density at radius 3 is 2.75 bits per heavy atom. The maximum Gasteiger partial charge on any atom is 0.345 e. The van der Waals surface area contributed by atoms with Crippen LogP contribution >= 0.6 is 0 Å². The van der Waals surface area contributed by atoms with Crippen LogP contribution < -0.4 is 4.68 Å². The molecule has 0 aliphatic heterocycles. The fourth-order valence-electron chi connectivity index (χ4n) is 1.73. The molecule has 16 heavy (non-hydrogen) atoms. The van der Waals surface area contributed by atoms with Crippen molar-refractivity contribution >= 4 is 16.9 Å². The van der Waals surface area contributed by atoms with Crippen molar-refractivity contribution in [2.45, 2.75) is 6.92 Å². The predicted molar refractivity (Wildman–Crippen MR) is 59.0 cm³/mol. The molecule has 0 spiro atoms. The van der Waals surface area contributed by atoms with Crippen molar-refractivity contribution < 1.29 is 14.2 Å². The zero-order valence-electron chi connectivity index (χ0n) is 9.52. The van der Waals surface area contributed by atoms with E-state index >= 15 is 0 Å². The van der Waals surface area contributed by atoms with Crippen LogP contribution in [-0.4, -0.2) is 18.2 Å². The van der Waals surface area contributed by atoms with Gasteiger partial charge >= 0.3 is 5.97 Å². The zero-order chi connectivity index (χ0) is 11.7. The topological polar surface area (TPSA) is 43.1 Å². The highest BCUT2D eigenvalue weighted by Gasteiger charge is 2.22. The summed E-state index contributed by atoms with van der Waals surface area (Å²) in [5.41, 5.74) is 2.16. The number of aryl methyl sites for hydroxylation is 1. The van der Waals surface area contributed by atoms with E-state index in [1.165, 1.54) is 7.11 Å². The fraction of sp³-hybridized carbons (Fsp3) is 0.250. The molecular formula is C12H13N2O2+. The average Bonchev–Trinajstić information content (AvgIpc) is 2.30. The minimum absolute atomic E-state index is 0.327. The van der Waals surface area contributed by atoms with Crippen molar-refractivity contribution in [3.05, 3.63) is 35.5 Å². The summed E-state index contributed by atoms with van der Waals surface area (Å²) in [5, 5.41) is 5.19. The smallest absolute Gasteiger partial charge is 0.345 e. The summed E-state index contributed by atoms with van der Waals surface area (Å²) in [6, 6.07) is 7.53. The largest absolute Gasteiger partial charge is 0.465 e. The third-order valence-corrected chi connectivity index (χ3v) is 2.67. The molecule has 0 aliphatic rings. The summed E-state index contributed by atoms with van der Waals surface area (Å²) in [7, 11) is 3.20. The van der Waals surface area contributed by atoms with E-state index in [0.717, 1.165) is 16.6 Å². The first kappa shape index (κ1) is 10.5. The minimum Gasteiger partial charge on any atom is -0.465 e. The van der Waals surface area contributed by atoms with E-state index < -0.39 is 0 Å². The summed E-state index contributed by atoms with van der Waals surface area (Å²) in [6.45, 7) is 1.85. The van der Waals surface area contributed by atoms with Gasteiger partial charge in [0.15, 0.2) is 7.05 Å². The minimum atomic E-state index is -0.327. The molecule has 0 amide bonds. The highest BCUT2D eigenvalue weighted by molar-refractivity contribution is 6.03. The van der Waals surface area contributed by atoms with Gasteiger partial charge in [-0.05, 0) is 6.07 Å². The van der Waals surface area contributed by atoms with Gasteiger partial charge in [0.1, 0.15) is 11.1 Å². The van der Waals surface area contributed by atoms with Gasteiger partial charge in [-0.25, -0.2) is 4.79 Å². The van der Waals surface area contributed by atoms with E-state index in [9.17, 15) is 4.79 Å². The molecule has 1 heterocycles. The molecular weight excluding hydrogens is 204 g/mol. The van der Waals surface area contributed by atoms with E-state index in [-0.39, 0.29) is 5.97 Å². The van der Waals surface area contributed by atoms with Crippen LogP contribution in [0.5, 0.6) is 0 Å². The van der Waals surface area contributed by atoms with Crippen molar-refractivity contribution in [1.82, 2.24) is 5.10 Å². The second-order valence-electron chi connectivity index (χ2n) is 3.59. The summed E-state index contributed by atoms with van der Waals surface area (Å²) >= 11 is 0. The highest BCUT2D eigenvalue weighted by atomic mass is 16.5. The number of hydrogen-bond acceptors (Lipinski definition) is 3. The molecule has 2 rings (SSSR count). The third-order valence-electron chi connectivity index (χ3n) is 2.67. The highest BCUT2D eigenvalue weighted by Crippen LogP contribution is 2.17. The van der Waals surface area contributed by atoms with Gasteiger partial charge in [0, 0.05) is 17.4 Å². The maximum atomic E-state index is 11.7. The van der Waals surface area contributed by atoms with Crippen molar-refractivity contribution in [3.8, 4) is 0 Å². The molecule has 0 fully saturated rings. The summed E-state index contributed by atoms with van der Waals surface area (Å²) < 4.78 is 6.49. The number of nitrogens with zero attached hydrogens (tertiary/aromatic N) is 2. The number of methoxy groups -OCH3 is 1. The van der Waals surface area contributed by atoms with Gasteiger partial charge in [0.25, 0.3) is 0 Å². The fourth-order valence-corrected chi connectivity index (χ4v) is 1.73. The second kappa shape index (κ2) is 3.89. The number of carbonyl (C=O) groups is 1. The zero-order valence-corrected chi connectivity index (χ0v) is 9.52. The predicted octanol–water partition coefficient (Wildman–Crippen LogP) is 1.15. The third kappa shape index (κ3) is 1.52. The van der Waals surface area contributed by atoms with E-state index in [4.69, 9.17) is 4.74 Å². The molecule has 2 aromatic rings. The normalized spacial score (nSPS) is 10.4. The maximum absolute atomic E-state index is 11.7. The number of hydrogen-bond donors (Lipinski definition) is 0. The van der Waals surface area contributed by atoms with E-state index in [2.05, 4.69) is 5.10 Å². The van der Waals surface area contributed by atoms with Gasteiger partial charge in [0.2, 0.25) is 5.69 Å². The average molecular weight is 217 g/mol. The van der Waals surface area contributed by atoms with Crippen molar-refractivity contribution in [2.75, 3.05) is 7.11 Å². The first-order valence-electron chi connectivity index (χ1n) is 4.99. The molecule has 0 N–H and O–H groups in total. The Bertz CT molecular complexity index is 564. The van der Waals surface area contributed by atoms with Crippen LogP contribution in [0.1, 0.15) is 16.1 Å². The van der Waals surface area contributed by atoms with Crippen LogP contribution in [0.4, 0.5) is 0 Å². The van der Waals surface area contributed by atoms with Gasteiger partial charge in [-0.3, -0.25) is 0 Å². The summed E-state index contributed by atoms with van der Waals surface area (Å²) in [4.78, 5) is 11.7. The molecule has 0 saturated heterocycles. The molecule has 0 unspecified atom stereocenters. The molecule has 4 nitrogen and oxygen atoms in total. The van der Waals surface area contributed by atoms with Gasteiger partial charge in [-0.1, -0.05) is 22.9 Å². The Morgan fingerprint density at radius 1 is 1.38 bits per heavy atom. The molecule has 0 aliphatic carbocycles. The first-order valence-corrected chi connectivity index (χ1v) is 4.99. The molecule has 4 heteroatoms. The molecule has 0 bridgehead atoms. The number of fused-ring (bicyclic) bond motifs is 1. The van der Waals surface area contributed by atoms with Gasteiger partial charge in [0.05, 0.1) is 7.11 Å². The number of rotatable bonds is 1. The van der Waals surface area contributed by atoms with Crippen molar-refractivity contribution in [1.29, 1.82) is 0 Å². The van der Waals surface area contributed by atoms with Crippen LogP contribution in [0, 0.1) is 6.92 Å². The first-order chi connectivity index (χ1) is 7.65. The standard InChI is InChI=1S/C12H13N2O2/c1-8-11(12(15)16-3)9-6-4-5-7-10(9)13-14(8)2/h4-7H,1-3H3/q+1. The van der Waals surface area contributed by atoms with Gasteiger partial charge in [-0.2, -0.15) is 0 Å². The Kier molecular flexibility index (Phi) is 2.56. The van der Waals surface area contributed by atoms with Gasteiger partial charge < -0.3 is 4.74 Å². The molecule has 0 radical (unpaired) electrons. The summed E-state index contributed by atoms with van der Waals surface area (Å²) in [6.07, 6.45) is 0. The number of ether oxygens (including phenoxy) is 1. The monoisotopic (exact) mass is 217 g/mol. The van der Waals surface area contributed by atoms with Gasteiger partial charge in [-0.15, -0.1) is 0 Å². The Balaban J connectivity index is 2.87. The van der Waals surface area contributed by atoms with Crippen LogP contribution in [0.25, 0.3) is 10.9 Å². The van der Waals surface area contributed by atoms with E-state index in [1.807, 2.05) is 38.2 Å². The SMILES string of the molecule is COC(=O)c1c(C)[n+](C)nc2ccccc12. The second-order valence-corrected chi connectivity index (χ2v) is 3.59. The number of carbonyl (C=O) groups excluding carboxylic acids is 1. The molecule has 1 aromatic heterocycles. The van der Waals surface area contributed by atoms with Crippen LogP contribution in [-0.2, 0) is 11.8 Å². The molecule has 1 aromatic carbocycles. The molecule has 0 saturated carbocycles. The lowest BCUT2D eigenvalue weighted by Gasteiger charge is -2.04. The number of benzene rings is 1. The van der Waals surface area contributed by atoms with Crippen molar-refractivity contribution in [3.63, 3.8) is 0 Å².